The molecule has 1 aromatic rings. The first kappa shape index (κ1) is 14.3. The molecule has 1 fully saturated rings. The fourth-order valence-electron chi connectivity index (χ4n) is 2.35. The number of rotatable bonds is 2. The highest BCUT2D eigenvalue weighted by molar-refractivity contribution is 6.21. The summed E-state index contributed by atoms with van der Waals surface area (Å²) in [5.41, 5.74) is -0.271. The molecular formula is C14H16ClF2NO. The highest BCUT2D eigenvalue weighted by Crippen LogP contribution is 2.24. The Hall–Kier alpha value is -1.16. The van der Waals surface area contributed by atoms with Crippen LogP contribution in [0.1, 0.15) is 41.6 Å². The first-order valence-corrected chi connectivity index (χ1v) is 6.84. The summed E-state index contributed by atoms with van der Waals surface area (Å²) in [6.07, 6.45) is 3.54. The molecule has 0 bridgehead atoms. The quantitative estimate of drug-likeness (QED) is 0.828. The SMILES string of the molecule is Cc1ccc(F)c(C(=O)NC2CCCCC2Cl)c1F. The van der Waals surface area contributed by atoms with Gasteiger partial charge in [0.25, 0.3) is 5.91 Å². The number of amides is 1. The third-order valence-electron chi connectivity index (χ3n) is 3.51. The Balaban J connectivity index is 2.18. The summed E-state index contributed by atoms with van der Waals surface area (Å²) in [6.45, 7) is 1.50. The molecule has 2 atom stereocenters. The third-order valence-corrected chi connectivity index (χ3v) is 4.03. The van der Waals surface area contributed by atoms with E-state index in [2.05, 4.69) is 5.32 Å². The van der Waals surface area contributed by atoms with E-state index in [4.69, 9.17) is 11.6 Å². The Morgan fingerprint density at radius 2 is 2.00 bits per heavy atom. The van der Waals surface area contributed by atoms with Crippen molar-refractivity contribution in [2.24, 2.45) is 0 Å². The maximum atomic E-state index is 13.8. The molecule has 0 radical (unpaired) electrons. The number of benzene rings is 1. The van der Waals surface area contributed by atoms with Gasteiger partial charge in [-0.25, -0.2) is 8.78 Å². The Labute approximate surface area is 116 Å². The standard InChI is InChI=1S/C14H16ClF2NO/c1-8-6-7-10(16)12(13(8)17)14(19)18-11-5-3-2-4-9(11)15/h6-7,9,11H,2-5H2,1H3,(H,18,19). The predicted octanol–water partition coefficient (Wildman–Crippen LogP) is 3.55. The van der Waals surface area contributed by atoms with Crippen molar-refractivity contribution in [2.45, 2.75) is 44.0 Å². The minimum atomic E-state index is -0.845. The molecule has 0 spiro atoms. The number of hydrogen-bond acceptors (Lipinski definition) is 1. The fraction of sp³-hybridized carbons (Fsp3) is 0.500. The van der Waals surface area contributed by atoms with E-state index in [0.29, 0.717) is 0 Å². The van der Waals surface area contributed by atoms with Gasteiger partial charge in [-0.15, -0.1) is 11.6 Å². The van der Waals surface area contributed by atoms with E-state index in [1.165, 1.54) is 13.0 Å². The Bertz CT molecular complexity index is 493. The van der Waals surface area contributed by atoms with Crippen molar-refractivity contribution in [2.75, 3.05) is 0 Å². The van der Waals surface area contributed by atoms with Gasteiger partial charge in [-0.3, -0.25) is 4.79 Å². The fourth-order valence-corrected chi connectivity index (χ4v) is 2.70. The largest absolute Gasteiger partial charge is 0.348 e. The van der Waals surface area contributed by atoms with E-state index in [-0.39, 0.29) is 17.0 Å². The summed E-state index contributed by atoms with van der Waals surface area (Å²) in [4.78, 5) is 12.0. The molecule has 0 aliphatic heterocycles. The van der Waals surface area contributed by atoms with Gasteiger partial charge in [0.05, 0.1) is 5.38 Å². The first-order chi connectivity index (χ1) is 9.00. The Morgan fingerprint density at radius 1 is 1.32 bits per heavy atom. The highest BCUT2D eigenvalue weighted by atomic mass is 35.5. The molecule has 19 heavy (non-hydrogen) atoms. The molecule has 0 aromatic heterocycles. The number of carbonyl (C=O) groups excluding carboxylic acids is 1. The monoisotopic (exact) mass is 287 g/mol. The number of hydrogen-bond donors (Lipinski definition) is 1. The number of nitrogens with one attached hydrogen (secondary N) is 1. The van der Waals surface area contributed by atoms with Crippen LogP contribution in [0.3, 0.4) is 0 Å². The van der Waals surface area contributed by atoms with Gasteiger partial charge in [-0.1, -0.05) is 18.9 Å². The van der Waals surface area contributed by atoms with Crippen LogP contribution in [-0.4, -0.2) is 17.3 Å². The van der Waals surface area contributed by atoms with E-state index in [0.717, 1.165) is 31.7 Å². The van der Waals surface area contributed by atoms with Gasteiger partial charge in [0.15, 0.2) is 0 Å². The van der Waals surface area contributed by atoms with Crippen molar-refractivity contribution in [1.29, 1.82) is 0 Å². The van der Waals surface area contributed by atoms with Crippen molar-refractivity contribution >= 4 is 17.5 Å². The molecular weight excluding hydrogens is 272 g/mol. The van der Waals surface area contributed by atoms with E-state index in [1.54, 1.807) is 0 Å². The van der Waals surface area contributed by atoms with Crippen LogP contribution in [-0.2, 0) is 0 Å². The van der Waals surface area contributed by atoms with Crippen LogP contribution in [0.5, 0.6) is 0 Å². The predicted molar refractivity (Wildman–Crippen MR) is 70.5 cm³/mol. The van der Waals surface area contributed by atoms with E-state index >= 15 is 0 Å². The van der Waals surface area contributed by atoms with Gasteiger partial charge >= 0.3 is 0 Å². The van der Waals surface area contributed by atoms with Crippen molar-refractivity contribution < 1.29 is 13.6 Å². The van der Waals surface area contributed by atoms with Gasteiger partial charge < -0.3 is 5.32 Å². The Kier molecular flexibility index (Phi) is 4.40. The molecule has 1 aliphatic carbocycles. The zero-order valence-electron chi connectivity index (χ0n) is 10.7. The lowest BCUT2D eigenvalue weighted by molar-refractivity contribution is 0.0920. The summed E-state index contributed by atoms with van der Waals surface area (Å²) >= 11 is 6.12. The van der Waals surface area contributed by atoms with Crippen molar-refractivity contribution in [3.8, 4) is 0 Å². The molecule has 1 aliphatic rings. The van der Waals surface area contributed by atoms with Crippen LogP contribution in [0.15, 0.2) is 12.1 Å². The van der Waals surface area contributed by atoms with Crippen molar-refractivity contribution in [3.05, 3.63) is 34.9 Å². The zero-order valence-corrected chi connectivity index (χ0v) is 11.4. The van der Waals surface area contributed by atoms with Crippen molar-refractivity contribution in [1.82, 2.24) is 5.32 Å². The minimum Gasteiger partial charge on any atom is -0.348 e. The minimum absolute atomic E-state index is 0.173. The number of aryl methyl sites for hydroxylation is 1. The molecule has 1 aromatic carbocycles. The van der Waals surface area contributed by atoms with Crippen LogP contribution in [0, 0.1) is 18.6 Å². The maximum Gasteiger partial charge on any atom is 0.257 e. The summed E-state index contributed by atoms with van der Waals surface area (Å²) in [5.74, 6) is -2.38. The molecule has 0 saturated heterocycles. The molecule has 5 heteroatoms. The number of halogens is 3. The van der Waals surface area contributed by atoms with Gasteiger partial charge in [-0.2, -0.15) is 0 Å². The van der Waals surface area contributed by atoms with Crippen LogP contribution in [0.4, 0.5) is 8.78 Å². The topological polar surface area (TPSA) is 29.1 Å². The van der Waals surface area contributed by atoms with Gasteiger partial charge in [0.1, 0.15) is 17.2 Å². The van der Waals surface area contributed by atoms with E-state index < -0.39 is 23.1 Å². The van der Waals surface area contributed by atoms with E-state index in [1.807, 2.05) is 0 Å². The summed E-state index contributed by atoms with van der Waals surface area (Å²) in [6, 6.07) is 2.20. The number of alkyl halides is 1. The third kappa shape index (κ3) is 3.06. The van der Waals surface area contributed by atoms with Crippen LogP contribution in [0.25, 0.3) is 0 Å². The molecule has 104 valence electrons. The Morgan fingerprint density at radius 3 is 2.68 bits per heavy atom. The highest BCUT2D eigenvalue weighted by Gasteiger charge is 2.27. The molecule has 1 amide bonds. The second-order valence-corrected chi connectivity index (χ2v) is 5.49. The number of carbonyl (C=O) groups is 1. The van der Waals surface area contributed by atoms with Crippen molar-refractivity contribution in [3.63, 3.8) is 0 Å². The average Bonchev–Trinajstić information content (AvgIpc) is 2.37. The van der Waals surface area contributed by atoms with E-state index in [9.17, 15) is 13.6 Å². The summed E-state index contributed by atoms with van der Waals surface area (Å²) in [7, 11) is 0. The average molecular weight is 288 g/mol. The molecule has 2 nitrogen and oxygen atoms in total. The second kappa shape index (κ2) is 5.87. The molecule has 0 heterocycles. The lowest BCUT2D eigenvalue weighted by Gasteiger charge is -2.28. The first-order valence-electron chi connectivity index (χ1n) is 6.40. The van der Waals surface area contributed by atoms with Gasteiger partial charge in [-0.05, 0) is 31.4 Å². The van der Waals surface area contributed by atoms with Gasteiger partial charge in [0, 0.05) is 6.04 Å². The van der Waals surface area contributed by atoms with Crippen LogP contribution in [0.2, 0.25) is 0 Å². The molecule has 1 N–H and O–H groups in total. The molecule has 2 rings (SSSR count). The molecule has 2 unspecified atom stereocenters. The summed E-state index contributed by atoms with van der Waals surface area (Å²) in [5, 5.41) is 2.47. The lowest BCUT2D eigenvalue weighted by atomic mass is 9.94. The summed E-state index contributed by atoms with van der Waals surface area (Å²) < 4.78 is 27.4. The van der Waals surface area contributed by atoms with Crippen LogP contribution >= 0.6 is 11.6 Å². The zero-order chi connectivity index (χ0) is 14.0. The van der Waals surface area contributed by atoms with Gasteiger partial charge in [0.2, 0.25) is 0 Å². The smallest absolute Gasteiger partial charge is 0.257 e. The molecule has 1 saturated carbocycles. The normalized spacial score (nSPS) is 23.2. The van der Waals surface area contributed by atoms with Crippen LogP contribution < -0.4 is 5.32 Å². The second-order valence-electron chi connectivity index (χ2n) is 4.93. The lowest BCUT2D eigenvalue weighted by Crippen LogP contribution is -2.43. The maximum absolute atomic E-state index is 13.8.